The lowest BCUT2D eigenvalue weighted by atomic mass is 9.87. The molecule has 0 saturated heterocycles. The zero-order chi connectivity index (χ0) is 13.8. The number of hydrogen-bond acceptors (Lipinski definition) is 3. The first-order valence-electron chi connectivity index (χ1n) is 6.69. The van der Waals surface area contributed by atoms with E-state index in [2.05, 4.69) is 5.32 Å². The van der Waals surface area contributed by atoms with Crippen LogP contribution in [-0.2, 0) is 9.59 Å². The number of carboxylic acid groups (broad SMARTS) is 1. The highest BCUT2D eigenvalue weighted by atomic mass is 16.4. The van der Waals surface area contributed by atoms with Crippen molar-refractivity contribution in [2.75, 3.05) is 0 Å². The molecule has 1 aliphatic carbocycles. The molecule has 0 aromatic heterocycles. The standard InChI is InChI=1S/C13H23NO4/c1-3-9(2)13(18,12(16)17)14-11(15)10-7-5-4-6-8-10/h9-10,18H,3-8H2,1-2H3,(H,14,15)(H,16,17). The lowest BCUT2D eigenvalue weighted by Crippen LogP contribution is -2.60. The molecule has 0 radical (unpaired) electrons. The van der Waals surface area contributed by atoms with Gasteiger partial charge in [0.15, 0.2) is 0 Å². The van der Waals surface area contributed by atoms with E-state index in [1.54, 1.807) is 13.8 Å². The Bertz CT molecular complexity index is 312. The Hall–Kier alpha value is -1.10. The van der Waals surface area contributed by atoms with Crippen LogP contribution in [-0.4, -0.2) is 27.8 Å². The predicted octanol–water partition coefficient (Wildman–Crippen LogP) is 1.50. The maximum absolute atomic E-state index is 12.0. The van der Waals surface area contributed by atoms with Crippen molar-refractivity contribution >= 4 is 11.9 Å². The first-order valence-corrected chi connectivity index (χ1v) is 6.69. The molecule has 2 unspecified atom stereocenters. The molecule has 104 valence electrons. The Labute approximate surface area is 108 Å². The number of aliphatic carboxylic acids is 1. The van der Waals surface area contributed by atoms with Gasteiger partial charge in [-0.15, -0.1) is 0 Å². The fraction of sp³-hybridized carbons (Fsp3) is 0.846. The maximum atomic E-state index is 12.0. The maximum Gasteiger partial charge on any atom is 0.357 e. The Morgan fingerprint density at radius 1 is 1.33 bits per heavy atom. The van der Waals surface area contributed by atoms with Crippen LogP contribution in [0.5, 0.6) is 0 Å². The number of nitrogens with one attached hydrogen (secondary N) is 1. The zero-order valence-corrected chi connectivity index (χ0v) is 11.1. The van der Waals surface area contributed by atoms with Gasteiger partial charge in [-0.3, -0.25) is 4.79 Å². The number of hydrogen-bond donors (Lipinski definition) is 3. The van der Waals surface area contributed by atoms with Gasteiger partial charge in [-0.25, -0.2) is 4.79 Å². The molecule has 0 bridgehead atoms. The fourth-order valence-electron chi connectivity index (χ4n) is 2.34. The summed E-state index contributed by atoms with van der Waals surface area (Å²) in [6.07, 6.45) is 5.15. The minimum atomic E-state index is -2.15. The summed E-state index contributed by atoms with van der Waals surface area (Å²) in [6.45, 7) is 3.40. The average molecular weight is 257 g/mol. The van der Waals surface area contributed by atoms with Gasteiger partial charge in [0, 0.05) is 11.8 Å². The summed E-state index contributed by atoms with van der Waals surface area (Å²) in [6, 6.07) is 0. The molecule has 1 fully saturated rings. The Morgan fingerprint density at radius 2 is 1.89 bits per heavy atom. The molecule has 1 aliphatic rings. The van der Waals surface area contributed by atoms with E-state index in [1.165, 1.54) is 0 Å². The quantitative estimate of drug-likeness (QED) is 0.651. The van der Waals surface area contributed by atoms with E-state index in [9.17, 15) is 14.7 Å². The van der Waals surface area contributed by atoms with Crippen LogP contribution in [0.2, 0.25) is 0 Å². The number of carbonyl (C=O) groups excluding carboxylic acids is 1. The summed E-state index contributed by atoms with van der Waals surface area (Å²) in [5, 5.41) is 21.6. The summed E-state index contributed by atoms with van der Waals surface area (Å²) < 4.78 is 0. The SMILES string of the molecule is CCC(C)C(O)(NC(=O)C1CCCCC1)C(=O)O. The van der Waals surface area contributed by atoms with E-state index in [4.69, 9.17) is 5.11 Å². The molecular weight excluding hydrogens is 234 g/mol. The third-order valence-electron chi connectivity index (χ3n) is 3.94. The first-order chi connectivity index (χ1) is 8.41. The third kappa shape index (κ3) is 3.22. The van der Waals surface area contributed by atoms with E-state index in [0.717, 1.165) is 32.1 Å². The van der Waals surface area contributed by atoms with Gasteiger partial charge in [0.1, 0.15) is 0 Å². The molecule has 2 atom stereocenters. The molecule has 0 aromatic carbocycles. The number of carbonyl (C=O) groups is 2. The van der Waals surface area contributed by atoms with Gasteiger partial charge in [0.25, 0.3) is 0 Å². The first kappa shape index (κ1) is 15.0. The topological polar surface area (TPSA) is 86.6 Å². The summed E-state index contributed by atoms with van der Waals surface area (Å²) in [5.74, 6) is -2.41. The lowest BCUT2D eigenvalue weighted by Gasteiger charge is -2.32. The number of aliphatic hydroxyl groups is 1. The Morgan fingerprint density at radius 3 is 2.33 bits per heavy atom. The average Bonchev–Trinajstić information content (AvgIpc) is 2.38. The summed E-state index contributed by atoms with van der Waals surface area (Å²) >= 11 is 0. The number of amides is 1. The molecule has 0 aliphatic heterocycles. The monoisotopic (exact) mass is 257 g/mol. The smallest absolute Gasteiger partial charge is 0.357 e. The molecule has 0 aromatic rings. The molecule has 0 spiro atoms. The van der Waals surface area contributed by atoms with E-state index >= 15 is 0 Å². The highest BCUT2D eigenvalue weighted by Gasteiger charge is 2.43. The number of rotatable bonds is 5. The molecule has 5 nitrogen and oxygen atoms in total. The van der Waals surface area contributed by atoms with Crippen LogP contribution < -0.4 is 5.32 Å². The van der Waals surface area contributed by atoms with Crippen molar-refractivity contribution in [1.29, 1.82) is 0 Å². The minimum Gasteiger partial charge on any atom is -0.478 e. The van der Waals surface area contributed by atoms with Gasteiger partial charge in [-0.1, -0.05) is 33.1 Å². The van der Waals surface area contributed by atoms with Crippen molar-refractivity contribution in [3.63, 3.8) is 0 Å². The van der Waals surface area contributed by atoms with Gasteiger partial charge in [-0.2, -0.15) is 0 Å². The second kappa shape index (κ2) is 6.18. The largest absolute Gasteiger partial charge is 0.478 e. The minimum absolute atomic E-state index is 0.159. The molecule has 0 heterocycles. The van der Waals surface area contributed by atoms with E-state index in [-0.39, 0.29) is 11.8 Å². The second-order valence-corrected chi connectivity index (χ2v) is 5.21. The lowest BCUT2D eigenvalue weighted by molar-refractivity contribution is -0.173. The van der Waals surface area contributed by atoms with Gasteiger partial charge < -0.3 is 15.5 Å². The van der Waals surface area contributed by atoms with Crippen LogP contribution in [0.3, 0.4) is 0 Å². The van der Waals surface area contributed by atoms with Crippen LogP contribution in [0.25, 0.3) is 0 Å². The van der Waals surface area contributed by atoms with Crippen LogP contribution in [0.15, 0.2) is 0 Å². The van der Waals surface area contributed by atoms with Gasteiger partial charge in [0.05, 0.1) is 0 Å². The third-order valence-corrected chi connectivity index (χ3v) is 3.94. The molecule has 1 rings (SSSR count). The van der Waals surface area contributed by atoms with Crippen molar-refractivity contribution in [3.05, 3.63) is 0 Å². The van der Waals surface area contributed by atoms with Crippen molar-refractivity contribution in [2.24, 2.45) is 11.8 Å². The van der Waals surface area contributed by atoms with Crippen molar-refractivity contribution in [1.82, 2.24) is 5.32 Å². The van der Waals surface area contributed by atoms with Crippen molar-refractivity contribution in [2.45, 2.75) is 58.1 Å². The fourth-order valence-corrected chi connectivity index (χ4v) is 2.34. The van der Waals surface area contributed by atoms with E-state index in [0.29, 0.717) is 6.42 Å². The van der Waals surface area contributed by atoms with Gasteiger partial charge in [-0.05, 0) is 19.3 Å². The second-order valence-electron chi connectivity index (χ2n) is 5.21. The van der Waals surface area contributed by atoms with E-state index in [1.807, 2.05) is 0 Å². The van der Waals surface area contributed by atoms with Crippen LogP contribution in [0, 0.1) is 11.8 Å². The summed E-state index contributed by atoms with van der Waals surface area (Å²) in [4.78, 5) is 23.2. The molecular formula is C13H23NO4. The van der Waals surface area contributed by atoms with Crippen LogP contribution in [0.1, 0.15) is 52.4 Å². The van der Waals surface area contributed by atoms with E-state index < -0.39 is 17.6 Å². The molecule has 1 saturated carbocycles. The highest BCUT2D eigenvalue weighted by Crippen LogP contribution is 2.25. The highest BCUT2D eigenvalue weighted by molar-refractivity contribution is 5.87. The number of carboxylic acids is 1. The van der Waals surface area contributed by atoms with Crippen LogP contribution >= 0.6 is 0 Å². The van der Waals surface area contributed by atoms with Gasteiger partial charge >= 0.3 is 5.97 Å². The Balaban J connectivity index is 2.71. The Kier molecular flexibility index (Phi) is 5.14. The van der Waals surface area contributed by atoms with Crippen molar-refractivity contribution in [3.8, 4) is 0 Å². The summed E-state index contributed by atoms with van der Waals surface area (Å²) in [7, 11) is 0. The van der Waals surface area contributed by atoms with Gasteiger partial charge in [0.2, 0.25) is 11.6 Å². The molecule has 18 heavy (non-hydrogen) atoms. The normalized spacial score (nSPS) is 21.9. The van der Waals surface area contributed by atoms with Crippen LogP contribution in [0.4, 0.5) is 0 Å². The predicted molar refractivity (Wildman–Crippen MR) is 66.8 cm³/mol. The summed E-state index contributed by atoms with van der Waals surface area (Å²) in [5.41, 5.74) is -2.15. The van der Waals surface area contributed by atoms with Crippen molar-refractivity contribution < 1.29 is 19.8 Å². The molecule has 1 amide bonds. The molecule has 3 N–H and O–H groups in total. The zero-order valence-electron chi connectivity index (χ0n) is 11.1. The molecule has 5 heteroatoms.